The summed E-state index contributed by atoms with van der Waals surface area (Å²) in [4.78, 5) is 39.3. The van der Waals surface area contributed by atoms with Crippen LogP contribution in [0.25, 0.3) is 5.57 Å². The lowest BCUT2D eigenvalue weighted by Crippen LogP contribution is -2.47. The quantitative estimate of drug-likeness (QED) is 0.666. The molecule has 1 saturated heterocycles. The first kappa shape index (κ1) is 13.4. The zero-order valence-electron chi connectivity index (χ0n) is 10.8. The largest absolute Gasteiger partial charge is 0.317 e. The van der Waals surface area contributed by atoms with Gasteiger partial charge < -0.3 is 4.90 Å². The molecule has 1 amide bonds. The third kappa shape index (κ3) is 1.57. The van der Waals surface area contributed by atoms with Gasteiger partial charge in [-0.15, -0.1) is 11.3 Å². The van der Waals surface area contributed by atoms with Crippen LogP contribution in [0.4, 0.5) is 0 Å². The Kier molecular flexibility index (Phi) is 2.78. The highest BCUT2D eigenvalue weighted by Gasteiger charge is 2.62. The number of thiophene rings is 1. The van der Waals surface area contributed by atoms with Gasteiger partial charge in [0.1, 0.15) is 5.54 Å². The zero-order chi connectivity index (χ0) is 14.8. The number of carbonyl (C=O) groups excluding carboxylic acids is 3. The molecule has 4 nitrogen and oxygen atoms in total. The first-order valence-corrected chi connectivity index (χ1v) is 8.52. The van der Waals surface area contributed by atoms with E-state index in [-0.39, 0.29) is 30.4 Å². The Morgan fingerprint density at radius 3 is 2.86 bits per heavy atom. The molecule has 106 valence electrons. The van der Waals surface area contributed by atoms with Crippen molar-refractivity contribution in [3.63, 3.8) is 0 Å². The maximum Gasteiger partial charge on any atom is 0.261 e. The Morgan fingerprint density at radius 2 is 2.14 bits per heavy atom. The molecule has 1 fully saturated rings. The molecule has 3 aliphatic rings. The minimum Gasteiger partial charge on any atom is -0.317 e. The van der Waals surface area contributed by atoms with E-state index in [2.05, 4.69) is 22.6 Å². The minimum absolute atomic E-state index is 0.0148. The summed E-state index contributed by atoms with van der Waals surface area (Å²) in [6.45, 7) is 0.0997. The lowest BCUT2D eigenvalue weighted by Gasteiger charge is -2.37. The smallest absolute Gasteiger partial charge is 0.261 e. The molecule has 2 atom stereocenters. The highest BCUT2D eigenvalue weighted by Crippen LogP contribution is 2.55. The topological polar surface area (TPSA) is 54.5 Å². The Balaban J connectivity index is 2.01. The Bertz CT molecular complexity index is 749. The van der Waals surface area contributed by atoms with Crippen molar-refractivity contribution in [2.45, 2.75) is 12.0 Å². The maximum atomic E-state index is 12.6. The van der Waals surface area contributed by atoms with Crippen molar-refractivity contribution in [2.75, 3.05) is 6.54 Å². The number of Topliss-reactive ketones (excluding diaryl/α,β-unsaturated/α-hetero) is 1. The number of nitrogens with zero attached hydrogens (tertiary/aromatic N) is 1. The van der Waals surface area contributed by atoms with Crippen LogP contribution < -0.4 is 0 Å². The second-order valence-electron chi connectivity index (χ2n) is 5.41. The lowest BCUT2D eigenvalue weighted by atomic mass is 9.73. The summed E-state index contributed by atoms with van der Waals surface area (Å²) < 4.78 is 0.659. The summed E-state index contributed by atoms with van der Waals surface area (Å²) in [5, 5.41) is 1.96. The standard InChI is InChI=1S/C15H10INO3S/c16-13-12(11-2-1-5-21-11)15-4-3-8(18)6-9(15)10(19)7-17(15)14(13)20/h1-5,9H,6-7H2/t9-,15-/m1/s1. The maximum absolute atomic E-state index is 12.6. The summed E-state index contributed by atoms with van der Waals surface area (Å²) in [7, 11) is 0. The van der Waals surface area contributed by atoms with Crippen molar-refractivity contribution in [1.29, 1.82) is 0 Å². The summed E-state index contributed by atoms with van der Waals surface area (Å²) >= 11 is 3.63. The van der Waals surface area contributed by atoms with Crippen LogP contribution >= 0.6 is 33.9 Å². The number of carbonyl (C=O) groups is 3. The minimum atomic E-state index is -0.747. The molecule has 0 radical (unpaired) electrons. The van der Waals surface area contributed by atoms with Crippen LogP contribution in [0.15, 0.2) is 33.2 Å². The second kappa shape index (κ2) is 4.36. The second-order valence-corrected chi connectivity index (χ2v) is 7.43. The number of hydrogen-bond acceptors (Lipinski definition) is 4. The number of amides is 1. The van der Waals surface area contributed by atoms with Gasteiger partial charge in [-0.2, -0.15) is 0 Å². The van der Waals surface area contributed by atoms with Crippen molar-refractivity contribution in [3.8, 4) is 0 Å². The Labute approximate surface area is 138 Å². The van der Waals surface area contributed by atoms with E-state index in [1.807, 2.05) is 17.5 Å². The van der Waals surface area contributed by atoms with Gasteiger partial charge in [-0.3, -0.25) is 14.4 Å². The molecule has 0 aromatic carbocycles. The van der Waals surface area contributed by atoms with Gasteiger partial charge in [0.25, 0.3) is 5.91 Å². The fraction of sp³-hybridized carbons (Fsp3) is 0.267. The Morgan fingerprint density at radius 1 is 1.33 bits per heavy atom. The summed E-state index contributed by atoms with van der Waals surface area (Å²) in [5.74, 6) is -0.600. The van der Waals surface area contributed by atoms with Crippen LogP contribution in [-0.2, 0) is 14.4 Å². The van der Waals surface area contributed by atoms with Gasteiger partial charge in [-0.05, 0) is 40.1 Å². The number of ketones is 2. The number of halogens is 1. The third-order valence-electron chi connectivity index (χ3n) is 4.43. The fourth-order valence-corrected chi connectivity index (χ4v) is 5.60. The predicted octanol–water partition coefficient (Wildman–Crippen LogP) is 2.20. The number of rotatable bonds is 1. The Hall–Kier alpha value is -1.28. The SMILES string of the molecule is O=C1C=C[C@@]23C(c4cccs4)=C(I)C(=O)N2CC(=O)[C@H]3C1. The summed E-state index contributed by atoms with van der Waals surface area (Å²) in [5.41, 5.74) is 0.145. The van der Waals surface area contributed by atoms with Crippen molar-refractivity contribution in [3.05, 3.63) is 38.1 Å². The van der Waals surface area contributed by atoms with Gasteiger partial charge in [0.2, 0.25) is 0 Å². The molecule has 1 aromatic heterocycles. The van der Waals surface area contributed by atoms with Gasteiger partial charge in [0.05, 0.1) is 16.0 Å². The molecule has 1 aromatic rings. The normalized spacial score (nSPS) is 31.2. The van der Waals surface area contributed by atoms with E-state index >= 15 is 0 Å². The monoisotopic (exact) mass is 411 g/mol. The van der Waals surface area contributed by atoms with E-state index in [1.165, 1.54) is 6.08 Å². The average molecular weight is 411 g/mol. The van der Waals surface area contributed by atoms with E-state index in [9.17, 15) is 14.4 Å². The van der Waals surface area contributed by atoms with Crippen LogP contribution in [0.1, 0.15) is 11.3 Å². The average Bonchev–Trinajstić information content (AvgIpc) is 3.11. The summed E-state index contributed by atoms with van der Waals surface area (Å²) in [6.07, 6.45) is 3.49. The molecule has 4 rings (SSSR count). The number of hydrogen-bond donors (Lipinski definition) is 0. The van der Waals surface area contributed by atoms with Crippen LogP contribution in [0.5, 0.6) is 0 Å². The third-order valence-corrected chi connectivity index (χ3v) is 6.32. The molecule has 6 heteroatoms. The summed E-state index contributed by atoms with van der Waals surface area (Å²) in [6, 6.07) is 3.90. The van der Waals surface area contributed by atoms with Gasteiger partial charge in [0.15, 0.2) is 11.6 Å². The number of allylic oxidation sites excluding steroid dienone is 1. The molecule has 0 unspecified atom stereocenters. The first-order valence-electron chi connectivity index (χ1n) is 6.56. The van der Waals surface area contributed by atoms with Crippen LogP contribution in [0, 0.1) is 5.92 Å². The molecule has 3 heterocycles. The zero-order valence-corrected chi connectivity index (χ0v) is 13.8. The van der Waals surface area contributed by atoms with E-state index in [1.54, 1.807) is 22.3 Å². The molecule has 0 N–H and O–H groups in total. The van der Waals surface area contributed by atoms with E-state index in [0.29, 0.717) is 3.58 Å². The van der Waals surface area contributed by atoms with Crippen molar-refractivity contribution in [2.24, 2.45) is 5.92 Å². The predicted molar refractivity (Wildman–Crippen MR) is 87.0 cm³/mol. The van der Waals surface area contributed by atoms with Crippen LogP contribution in [0.3, 0.4) is 0 Å². The molecule has 1 spiro atoms. The first-order chi connectivity index (χ1) is 10.1. The van der Waals surface area contributed by atoms with E-state index in [4.69, 9.17) is 0 Å². The molecule has 0 saturated carbocycles. The van der Waals surface area contributed by atoms with Crippen molar-refractivity contribution < 1.29 is 14.4 Å². The highest BCUT2D eigenvalue weighted by atomic mass is 127. The molecule has 1 aliphatic carbocycles. The fourth-order valence-electron chi connectivity index (χ4n) is 3.56. The van der Waals surface area contributed by atoms with E-state index < -0.39 is 11.5 Å². The molecular weight excluding hydrogens is 401 g/mol. The van der Waals surface area contributed by atoms with Crippen LogP contribution in [0.2, 0.25) is 0 Å². The lowest BCUT2D eigenvalue weighted by molar-refractivity contribution is -0.128. The van der Waals surface area contributed by atoms with Crippen molar-refractivity contribution in [1.82, 2.24) is 4.90 Å². The molecular formula is C15H10INO3S. The molecule has 21 heavy (non-hydrogen) atoms. The van der Waals surface area contributed by atoms with Gasteiger partial charge in [0, 0.05) is 16.9 Å². The van der Waals surface area contributed by atoms with Gasteiger partial charge in [-0.25, -0.2) is 0 Å². The molecule has 2 aliphatic heterocycles. The van der Waals surface area contributed by atoms with Crippen LogP contribution in [-0.4, -0.2) is 34.5 Å². The van der Waals surface area contributed by atoms with Gasteiger partial charge in [-0.1, -0.05) is 12.1 Å². The van der Waals surface area contributed by atoms with Gasteiger partial charge >= 0.3 is 0 Å². The van der Waals surface area contributed by atoms with Crippen molar-refractivity contribution >= 4 is 57.0 Å². The highest BCUT2D eigenvalue weighted by molar-refractivity contribution is 14.1. The van der Waals surface area contributed by atoms with E-state index in [0.717, 1.165) is 10.5 Å². The molecule has 0 bridgehead atoms.